The number of carbonyl (C=O) groups excluding carboxylic acids is 1. The summed E-state index contributed by atoms with van der Waals surface area (Å²) in [5.74, 6) is 0.0637. The minimum absolute atomic E-state index is 0.0109. The van der Waals surface area contributed by atoms with Gasteiger partial charge in [-0.25, -0.2) is 0 Å². The zero-order valence-electron chi connectivity index (χ0n) is 15.0. The maximum absolute atomic E-state index is 12.6. The predicted octanol–water partition coefficient (Wildman–Crippen LogP) is 4.31. The second kappa shape index (κ2) is 9.41. The van der Waals surface area contributed by atoms with Crippen LogP contribution in [0.25, 0.3) is 0 Å². The zero-order chi connectivity index (χ0) is 21.0. The van der Waals surface area contributed by atoms with E-state index in [2.05, 4.69) is 47.4 Å². The van der Waals surface area contributed by atoms with Crippen LogP contribution >= 0.6 is 43.6 Å². The van der Waals surface area contributed by atoms with Gasteiger partial charge in [-0.1, -0.05) is 46.7 Å². The molecular weight excluding hydrogens is 546 g/mol. The van der Waals surface area contributed by atoms with Crippen molar-refractivity contribution in [2.75, 3.05) is 0 Å². The van der Waals surface area contributed by atoms with Crippen molar-refractivity contribution < 1.29 is 17.4 Å². The summed E-state index contributed by atoms with van der Waals surface area (Å²) in [6.07, 6.45) is 2.16. The number of halogens is 2. The van der Waals surface area contributed by atoms with Gasteiger partial charge in [-0.15, -0.1) is 5.10 Å². The van der Waals surface area contributed by atoms with Gasteiger partial charge in [0.25, 0.3) is 0 Å². The fourth-order valence-electron chi connectivity index (χ4n) is 2.36. The molecule has 11 heteroatoms. The van der Waals surface area contributed by atoms with E-state index in [1.54, 1.807) is 24.3 Å². The van der Waals surface area contributed by atoms with Gasteiger partial charge in [0.2, 0.25) is 5.91 Å². The fourth-order valence-corrected chi connectivity index (χ4v) is 5.59. The van der Waals surface area contributed by atoms with E-state index in [9.17, 15) is 13.2 Å². The molecule has 1 saturated heterocycles. The minimum Gasteiger partial charge on any atom is -0.379 e. The summed E-state index contributed by atoms with van der Waals surface area (Å²) in [4.78, 5) is 11.7. The number of thioether (sulfide) groups is 1. The number of nitrogens with zero attached hydrogens (tertiary/aromatic N) is 2. The molecule has 29 heavy (non-hydrogen) atoms. The van der Waals surface area contributed by atoms with Gasteiger partial charge in [-0.3, -0.25) is 4.79 Å². The van der Waals surface area contributed by atoms with Crippen molar-refractivity contribution >= 4 is 71.0 Å². The fraction of sp³-hybridized carbons (Fsp3) is 0.167. The molecule has 1 heterocycles. The van der Waals surface area contributed by atoms with Crippen molar-refractivity contribution in [2.24, 2.45) is 10.2 Å². The van der Waals surface area contributed by atoms with Gasteiger partial charge in [0, 0.05) is 8.95 Å². The summed E-state index contributed by atoms with van der Waals surface area (Å²) in [7, 11) is -4.03. The van der Waals surface area contributed by atoms with Gasteiger partial charge in [0.1, 0.15) is 10.6 Å². The lowest BCUT2D eigenvalue weighted by molar-refractivity contribution is -0.118. The van der Waals surface area contributed by atoms with E-state index < -0.39 is 10.1 Å². The first-order valence-corrected chi connectivity index (χ1v) is 12.2. The molecular formula is C18H15Br2N3O4S2. The molecule has 0 radical (unpaired) electrons. The average molecular weight is 561 g/mol. The Morgan fingerprint density at radius 1 is 1.24 bits per heavy atom. The van der Waals surface area contributed by atoms with Crippen LogP contribution in [-0.4, -0.2) is 31.0 Å². The Bertz CT molecular complexity index is 1100. The van der Waals surface area contributed by atoms with Crippen LogP contribution in [0.2, 0.25) is 0 Å². The molecule has 0 aromatic heterocycles. The first-order valence-electron chi connectivity index (χ1n) is 8.36. The smallest absolute Gasteiger partial charge is 0.340 e. The van der Waals surface area contributed by atoms with Gasteiger partial charge in [-0.05, 0) is 58.2 Å². The number of nitrogens with one attached hydrogen (secondary N) is 1. The topological polar surface area (TPSA) is 97.2 Å². The monoisotopic (exact) mass is 559 g/mol. The molecule has 2 aromatic rings. The van der Waals surface area contributed by atoms with Crippen molar-refractivity contribution in [3.8, 4) is 5.75 Å². The molecule has 0 bridgehead atoms. The van der Waals surface area contributed by atoms with Crippen LogP contribution in [0, 0.1) is 0 Å². The molecule has 1 aliphatic rings. The molecule has 0 spiro atoms. The van der Waals surface area contributed by atoms with Gasteiger partial charge in [0.15, 0.2) is 5.17 Å². The highest BCUT2D eigenvalue weighted by Crippen LogP contribution is 2.28. The number of carbonyl (C=O) groups is 1. The van der Waals surface area contributed by atoms with Crippen LogP contribution in [0.5, 0.6) is 5.75 Å². The van der Waals surface area contributed by atoms with E-state index in [1.807, 2.05) is 6.92 Å². The third-order valence-corrected chi connectivity index (χ3v) is 7.70. The quantitative estimate of drug-likeness (QED) is 0.322. The highest BCUT2D eigenvalue weighted by molar-refractivity contribution is 9.11. The second-order valence-electron chi connectivity index (χ2n) is 5.84. The standard InChI is InChI=1S/C18H15Br2N3O4S2/c1-2-15-17(24)22-18(28-15)23-21-10-11-4-3-5-13(8-11)27-29(25,26)16-9-12(19)6-7-14(16)20/h3-10,15H,2H2,1H3,(H,22,23,24)/b21-10-/t15-/m1/s1. The van der Waals surface area contributed by atoms with E-state index in [0.29, 0.717) is 26.1 Å². The number of hydrogen-bond donors (Lipinski definition) is 1. The third-order valence-electron chi connectivity index (χ3n) is 3.73. The van der Waals surface area contributed by atoms with Gasteiger partial charge < -0.3 is 9.50 Å². The predicted molar refractivity (Wildman–Crippen MR) is 121 cm³/mol. The molecule has 0 aliphatic carbocycles. The van der Waals surface area contributed by atoms with Crippen LogP contribution in [0.15, 0.2) is 66.5 Å². The van der Waals surface area contributed by atoms with E-state index in [4.69, 9.17) is 4.18 Å². The molecule has 0 unspecified atom stereocenters. The number of rotatable bonds is 6. The molecule has 1 aliphatic heterocycles. The highest BCUT2D eigenvalue weighted by Gasteiger charge is 2.28. The summed E-state index contributed by atoms with van der Waals surface area (Å²) in [5.41, 5.74) is 0.594. The SMILES string of the molecule is CC[C@H]1S/C(=N\N=C/c2cccc(OS(=O)(=O)c3cc(Br)ccc3Br)c2)NC1=O. The normalized spacial score (nSPS) is 18.4. The van der Waals surface area contributed by atoms with Gasteiger partial charge in [0.05, 0.1) is 11.5 Å². The van der Waals surface area contributed by atoms with Gasteiger partial charge in [-0.2, -0.15) is 13.5 Å². The van der Waals surface area contributed by atoms with E-state index in [1.165, 1.54) is 36.2 Å². The third kappa shape index (κ3) is 5.68. The average Bonchev–Trinajstić information content (AvgIpc) is 3.03. The molecule has 7 nitrogen and oxygen atoms in total. The lowest BCUT2D eigenvalue weighted by Crippen LogP contribution is -2.24. The number of amides is 1. The molecule has 3 rings (SSSR count). The Labute approximate surface area is 189 Å². The van der Waals surface area contributed by atoms with Crippen molar-refractivity contribution in [1.82, 2.24) is 5.32 Å². The molecule has 152 valence electrons. The Hall–Kier alpha value is -1.69. The molecule has 1 fully saturated rings. The molecule has 1 atom stereocenters. The van der Waals surface area contributed by atoms with Crippen LogP contribution in [0.3, 0.4) is 0 Å². The van der Waals surface area contributed by atoms with Crippen LogP contribution in [-0.2, 0) is 14.9 Å². The Morgan fingerprint density at radius 2 is 2.03 bits per heavy atom. The lowest BCUT2D eigenvalue weighted by atomic mass is 10.2. The summed E-state index contributed by atoms with van der Waals surface area (Å²) in [6.45, 7) is 1.93. The number of hydrogen-bond acceptors (Lipinski definition) is 7. The molecule has 1 amide bonds. The van der Waals surface area contributed by atoms with Crippen molar-refractivity contribution in [3.05, 3.63) is 57.0 Å². The maximum atomic E-state index is 12.6. The van der Waals surface area contributed by atoms with Crippen LogP contribution < -0.4 is 9.50 Å². The van der Waals surface area contributed by atoms with Crippen LogP contribution in [0.1, 0.15) is 18.9 Å². The Morgan fingerprint density at radius 3 is 2.76 bits per heavy atom. The summed E-state index contributed by atoms with van der Waals surface area (Å²) in [6, 6.07) is 11.2. The van der Waals surface area contributed by atoms with E-state index in [0.717, 1.165) is 0 Å². The minimum atomic E-state index is -4.03. The molecule has 2 aromatic carbocycles. The summed E-state index contributed by atoms with van der Waals surface area (Å²) in [5, 5.41) is 10.9. The van der Waals surface area contributed by atoms with Crippen molar-refractivity contribution in [1.29, 1.82) is 0 Å². The Kier molecular flexibility index (Phi) is 7.14. The van der Waals surface area contributed by atoms with Crippen LogP contribution in [0.4, 0.5) is 0 Å². The first-order chi connectivity index (χ1) is 13.8. The summed E-state index contributed by atoms with van der Waals surface area (Å²) >= 11 is 7.81. The molecule has 0 saturated carbocycles. The second-order valence-corrected chi connectivity index (χ2v) is 10.3. The maximum Gasteiger partial charge on any atom is 0.340 e. The largest absolute Gasteiger partial charge is 0.379 e. The highest BCUT2D eigenvalue weighted by atomic mass is 79.9. The first kappa shape index (κ1) is 22.0. The van der Waals surface area contributed by atoms with Crippen molar-refractivity contribution in [2.45, 2.75) is 23.5 Å². The zero-order valence-corrected chi connectivity index (χ0v) is 19.8. The molecule has 1 N–H and O–H groups in total. The summed E-state index contributed by atoms with van der Waals surface area (Å²) < 4.78 is 31.4. The Balaban J connectivity index is 1.74. The van der Waals surface area contributed by atoms with Crippen molar-refractivity contribution in [3.63, 3.8) is 0 Å². The van der Waals surface area contributed by atoms with E-state index >= 15 is 0 Å². The number of benzene rings is 2. The lowest BCUT2D eigenvalue weighted by Gasteiger charge is -2.09. The van der Waals surface area contributed by atoms with Gasteiger partial charge >= 0.3 is 10.1 Å². The number of amidine groups is 1. The van der Waals surface area contributed by atoms with E-state index in [-0.39, 0.29) is 21.8 Å².